The number of aromatic nitrogens is 2. The number of ether oxygens (including phenoxy) is 1. The van der Waals surface area contributed by atoms with Gasteiger partial charge in [-0.25, -0.2) is 9.55 Å². The fraction of sp³-hybridized carbons (Fsp3) is 0.750. The zero-order chi connectivity index (χ0) is 22.6. The van der Waals surface area contributed by atoms with Gasteiger partial charge < -0.3 is 46.0 Å². The van der Waals surface area contributed by atoms with Gasteiger partial charge in [0.15, 0.2) is 12.0 Å². The van der Waals surface area contributed by atoms with Crippen LogP contribution in [0.4, 0.5) is 17.5 Å². The first-order valence-corrected chi connectivity index (χ1v) is 12.0. The molecule has 13 nitrogen and oxygen atoms in total. The number of phosphoric acid groups is 1. The Hall–Kier alpha value is -1.22. The number of nitrogens with one attached hydrogen (secondary N) is 2. The van der Waals surface area contributed by atoms with Crippen molar-refractivity contribution in [3.63, 3.8) is 0 Å². The van der Waals surface area contributed by atoms with Crippen LogP contribution in [0, 0.1) is 0 Å². The van der Waals surface area contributed by atoms with Gasteiger partial charge in [-0.2, -0.15) is 4.98 Å². The number of fused-ring (bicyclic) bond motifs is 1. The molecule has 0 saturated carbocycles. The van der Waals surface area contributed by atoms with Crippen LogP contribution in [0.5, 0.6) is 0 Å². The summed E-state index contributed by atoms with van der Waals surface area (Å²) in [7, 11) is -4.74. The van der Waals surface area contributed by atoms with Gasteiger partial charge in [-0.1, -0.05) is 12.8 Å². The zero-order valence-electron chi connectivity index (χ0n) is 16.8. The van der Waals surface area contributed by atoms with Gasteiger partial charge in [0.05, 0.1) is 13.3 Å². The van der Waals surface area contributed by atoms with Gasteiger partial charge in [0.1, 0.15) is 29.0 Å². The number of aliphatic hydroxyl groups is 2. The molecular weight excluding hydrogens is 451 g/mol. The molecule has 1 aromatic heterocycles. The highest BCUT2D eigenvalue weighted by atomic mass is 32.1. The first-order valence-electron chi connectivity index (χ1n) is 9.98. The van der Waals surface area contributed by atoms with Crippen molar-refractivity contribution in [2.75, 3.05) is 41.9 Å². The molecular formula is C16H29N6O7PS. The molecule has 1 aromatic rings. The molecule has 2 aliphatic rings. The van der Waals surface area contributed by atoms with Gasteiger partial charge >= 0.3 is 7.82 Å². The Morgan fingerprint density at radius 3 is 2.71 bits per heavy atom. The Morgan fingerprint density at radius 1 is 1.26 bits per heavy atom. The van der Waals surface area contributed by atoms with Crippen LogP contribution in [0.3, 0.4) is 0 Å². The van der Waals surface area contributed by atoms with E-state index in [1.54, 1.807) is 4.90 Å². The maximum absolute atomic E-state index is 10.9. The highest BCUT2D eigenvalue weighted by Crippen LogP contribution is 2.40. The van der Waals surface area contributed by atoms with Crippen LogP contribution in [0.1, 0.15) is 25.7 Å². The second-order valence-electron chi connectivity index (χ2n) is 7.34. The standard InChI is InChI=1S/C16H29N6O7PS/c17-5-3-1-2-4-6-18-16-20-13-10(14(31)21-16)19-8-22(13)15-12(24)11(23)9(29-15)7-28-30(25,26)27/h9,11-12,15,19,23-24H,1-8,17H2,(H2,25,26,27)(H2,18,20,21,31)/t9-,11+,12?,15-/m1/s1. The summed E-state index contributed by atoms with van der Waals surface area (Å²) in [6.07, 6.45) is -0.866. The largest absolute Gasteiger partial charge is 0.469 e. The van der Waals surface area contributed by atoms with Gasteiger partial charge in [-0.15, -0.1) is 12.6 Å². The number of unbranched alkanes of at least 4 members (excludes halogenated alkanes) is 3. The van der Waals surface area contributed by atoms with Crippen molar-refractivity contribution in [2.45, 2.75) is 55.2 Å². The molecule has 1 saturated heterocycles. The van der Waals surface area contributed by atoms with Gasteiger partial charge in [0, 0.05) is 6.54 Å². The third kappa shape index (κ3) is 6.18. The zero-order valence-corrected chi connectivity index (χ0v) is 18.6. The summed E-state index contributed by atoms with van der Waals surface area (Å²) in [5.41, 5.74) is 6.04. The lowest BCUT2D eigenvalue weighted by Crippen LogP contribution is -2.44. The fourth-order valence-corrected chi connectivity index (χ4v) is 4.06. The third-order valence-corrected chi connectivity index (χ3v) is 5.84. The molecule has 0 spiro atoms. The van der Waals surface area contributed by atoms with Crippen molar-refractivity contribution in [1.82, 2.24) is 9.97 Å². The van der Waals surface area contributed by atoms with Gasteiger partial charge in [0.2, 0.25) is 5.95 Å². The second kappa shape index (κ2) is 10.6. The summed E-state index contributed by atoms with van der Waals surface area (Å²) >= 11 is 4.40. The normalized spacial score (nSPS) is 25.5. The quantitative estimate of drug-likeness (QED) is 0.0869. The first kappa shape index (κ1) is 24.4. The van der Waals surface area contributed by atoms with Crippen molar-refractivity contribution in [1.29, 1.82) is 0 Å². The molecule has 0 aliphatic carbocycles. The number of nitrogens with zero attached hydrogens (tertiary/aromatic N) is 3. The van der Waals surface area contributed by atoms with Crippen molar-refractivity contribution in [2.24, 2.45) is 5.73 Å². The average Bonchev–Trinajstić information content (AvgIpc) is 3.24. The third-order valence-electron chi connectivity index (χ3n) is 5.03. The molecule has 31 heavy (non-hydrogen) atoms. The molecule has 1 fully saturated rings. The van der Waals surface area contributed by atoms with Crippen LogP contribution < -0.4 is 21.3 Å². The first-order chi connectivity index (χ1) is 14.7. The minimum atomic E-state index is -4.74. The Kier molecular flexibility index (Phi) is 8.35. The maximum Gasteiger partial charge on any atom is 0.469 e. The number of anilines is 3. The lowest BCUT2D eigenvalue weighted by atomic mass is 10.1. The summed E-state index contributed by atoms with van der Waals surface area (Å²) in [4.78, 5) is 28.1. The molecule has 3 rings (SSSR count). The van der Waals surface area contributed by atoms with E-state index in [2.05, 4.69) is 37.8 Å². The number of phosphoric ester groups is 1. The minimum absolute atomic E-state index is 0.209. The van der Waals surface area contributed by atoms with Crippen LogP contribution in [-0.2, 0) is 13.8 Å². The van der Waals surface area contributed by atoms with Crippen LogP contribution >= 0.6 is 20.5 Å². The number of hydrogen-bond donors (Lipinski definition) is 8. The van der Waals surface area contributed by atoms with Gasteiger partial charge in [0.25, 0.3) is 0 Å². The molecule has 3 heterocycles. The topological polar surface area (TPSA) is 196 Å². The lowest BCUT2D eigenvalue weighted by Gasteiger charge is -2.27. The Labute approximate surface area is 185 Å². The number of rotatable bonds is 11. The SMILES string of the molecule is NCCCCCCNc1nc(S)c2c(n1)N([C@@H]1O[C@H](COP(=O)(O)O)[C@H](O)C1O)CN2. The predicted octanol–water partition coefficient (Wildman–Crippen LogP) is -0.558. The monoisotopic (exact) mass is 480 g/mol. The summed E-state index contributed by atoms with van der Waals surface area (Å²) < 4.78 is 21.0. The lowest BCUT2D eigenvalue weighted by molar-refractivity contribution is -0.0216. The number of thiol groups is 1. The molecule has 0 bridgehead atoms. The molecule has 15 heteroatoms. The van der Waals surface area contributed by atoms with E-state index in [-0.39, 0.29) is 6.67 Å². The van der Waals surface area contributed by atoms with Crippen molar-refractivity contribution < 1.29 is 33.8 Å². The molecule has 2 aliphatic heterocycles. The summed E-state index contributed by atoms with van der Waals surface area (Å²) in [6.45, 7) is 0.989. The molecule has 4 atom stereocenters. The van der Waals surface area contributed by atoms with Crippen molar-refractivity contribution >= 4 is 37.9 Å². The van der Waals surface area contributed by atoms with E-state index >= 15 is 0 Å². The average molecular weight is 480 g/mol. The summed E-state index contributed by atoms with van der Waals surface area (Å²) in [5.74, 6) is 0.795. The van der Waals surface area contributed by atoms with E-state index in [0.717, 1.165) is 25.7 Å². The highest BCUT2D eigenvalue weighted by molar-refractivity contribution is 7.80. The van der Waals surface area contributed by atoms with Crippen LogP contribution in [-0.4, -0.2) is 80.9 Å². The van der Waals surface area contributed by atoms with Crippen molar-refractivity contribution in [3.8, 4) is 0 Å². The minimum Gasteiger partial charge on any atom is -0.387 e. The predicted molar refractivity (Wildman–Crippen MR) is 115 cm³/mol. The van der Waals surface area contributed by atoms with E-state index in [9.17, 15) is 14.8 Å². The summed E-state index contributed by atoms with van der Waals surface area (Å²) in [5, 5.41) is 27.3. The molecule has 0 amide bonds. The van der Waals surface area contributed by atoms with Crippen LogP contribution in [0.15, 0.2) is 5.03 Å². The molecule has 176 valence electrons. The van der Waals surface area contributed by atoms with E-state index in [1.807, 2.05) is 0 Å². The number of aliphatic hydroxyl groups excluding tert-OH is 2. The van der Waals surface area contributed by atoms with Crippen LogP contribution in [0.25, 0.3) is 0 Å². The summed E-state index contributed by atoms with van der Waals surface area (Å²) in [6, 6.07) is 0. The molecule has 0 radical (unpaired) electrons. The molecule has 1 unspecified atom stereocenters. The fourth-order valence-electron chi connectivity index (χ4n) is 3.45. The van der Waals surface area contributed by atoms with E-state index in [1.165, 1.54) is 0 Å². The molecule has 0 aromatic carbocycles. The smallest absolute Gasteiger partial charge is 0.387 e. The van der Waals surface area contributed by atoms with Gasteiger partial charge in [-0.05, 0) is 19.4 Å². The molecule has 8 N–H and O–H groups in total. The van der Waals surface area contributed by atoms with E-state index < -0.39 is 39.0 Å². The Morgan fingerprint density at radius 2 is 2.00 bits per heavy atom. The van der Waals surface area contributed by atoms with Crippen LogP contribution in [0.2, 0.25) is 0 Å². The van der Waals surface area contributed by atoms with Crippen molar-refractivity contribution in [3.05, 3.63) is 0 Å². The Balaban J connectivity index is 1.66. The van der Waals surface area contributed by atoms with Gasteiger partial charge in [-0.3, -0.25) is 4.52 Å². The van der Waals surface area contributed by atoms with E-state index in [0.29, 0.717) is 35.6 Å². The number of nitrogens with two attached hydrogens (primary N) is 1. The van der Waals surface area contributed by atoms with E-state index in [4.69, 9.17) is 20.3 Å². The maximum atomic E-state index is 10.9. The highest BCUT2D eigenvalue weighted by Gasteiger charge is 2.48. The second-order valence-corrected chi connectivity index (χ2v) is 9.00. The number of hydrogen-bond acceptors (Lipinski definition) is 12. The Bertz CT molecular complexity index is 802.